The smallest absolute Gasteiger partial charge is 0.312 e. The van der Waals surface area contributed by atoms with Crippen molar-refractivity contribution in [3.63, 3.8) is 0 Å². The highest BCUT2D eigenvalue weighted by Gasteiger charge is 2.15. The van der Waals surface area contributed by atoms with Crippen molar-refractivity contribution >= 4 is 16.9 Å². The number of rotatable bonds is 5. The molecule has 2 aromatic rings. The largest absolute Gasteiger partial charge is 0.466 e. The van der Waals surface area contributed by atoms with Gasteiger partial charge in [-0.1, -0.05) is 19.9 Å². The minimum absolute atomic E-state index is 0.0887. The highest BCUT2D eigenvalue weighted by molar-refractivity contribution is 5.81. The lowest BCUT2D eigenvalue weighted by Gasteiger charge is -2.12. The van der Waals surface area contributed by atoms with Crippen LogP contribution in [0.1, 0.15) is 44.9 Å². The summed E-state index contributed by atoms with van der Waals surface area (Å²) in [7, 11) is 0. The molecule has 0 aliphatic rings. The van der Waals surface area contributed by atoms with E-state index in [1.807, 2.05) is 25.1 Å². The van der Waals surface area contributed by atoms with Gasteiger partial charge in [0.05, 0.1) is 18.5 Å². The Morgan fingerprint density at radius 2 is 2.05 bits per heavy atom. The van der Waals surface area contributed by atoms with E-state index < -0.39 is 5.97 Å². The number of benzene rings is 1. The maximum absolute atomic E-state index is 12.5. The topological polar surface area (TPSA) is 61.2 Å². The van der Waals surface area contributed by atoms with Gasteiger partial charge < -0.3 is 4.74 Å². The van der Waals surface area contributed by atoms with Gasteiger partial charge in [0, 0.05) is 11.9 Å². The molecule has 0 N–H and O–H groups in total. The minimum atomic E-state index is -0.423. The lowest BCUT2D eigenvalue weighted by atomic mass is 10.0. The van der Waals surface area contributed by atoms with Gasteiger partial charge in [0.2, 0.25) is 5.43 Å². The number of hydrogen-bond acceptors (Lipinski definition) is 4. The molecule has 0 spiro atoms. The minimum Gasteiger partial charge on any atom is -0.466 e. The fourth-order valence-corrected chi connectivity index (χ4v) is 2.42. The number of hydrogen-bond donors (Lipinski definition) is 0. The standard InChI is InChI=1S/C17H22N2O3/c1-5-19-15-9-12(11(3)4)7-8-13(15)17(21)14(18-19)10-16(20)22-6-2/h7-9,11H,5-6,10H2,1-4H3. The average molecular weight is 302 g/mol. The molecule has 0 aliphatic heterocycles. The predicted molar refractivity (Wildman–Crippen MR) is 86.1 cm³/mol. The molecule has 0 unspecified atom stereocenters. The van der Waals surface area contributed by atoms with Crippen molar-refractivity contribution in [1.29, 1.82) is 0 Å². The van der Waals surface area contributed by atoms with Crippen molar-refractivity contribution in [2.24, 2.45) is 0 Å². The van der Waals surface area contributed by atoms with Crippen LogP contribution in [0.2, 0.25) is 0 Å². The molecule has 0 saturated heterocycles. The monoisotopic (exact) mass is 302 g/mol. The zero-order valence-corrected chi connectivity index (χ0v) is 13.5. The van der Waals surface area contributed by atoms with E-state index in [-0.39, 0.29) is 17.5 Å². The van der Waals surface area contributed by atoms with Gasteiger partial charge in [0.15, 0.2) is 0 Å². The zero-order valence-electron chi connectivity index (χ0n) is 13.5. The summed E-state index contributed by atoms with van der Waals surface area (Å²) in [5.41, 5.74) is 2.02. The Morgan fingerprint density at radius 1 is 1.32 bits per heavy atom. The molecule has 0 atom stereocenters. The second-order valence-corrected chi connectivity index (χ2v) is 5.50. The van der Waals surface area contributed by atoms with Crippen molar-refractivity contribution in [2.45, 2.75) is 46.6 Å². The van der Waals surface area contributed by atoms with E-state index in [1.165, 1.54) is 0 Å². The van der Waals surface area contributed by atoms with E-state index in [2.05, 4.69) is 18.9 Å². The van der Waals surface area contributed by atoms with E-state index in [0.717, 1.165) is 11.1 Å². The summed E-state index contributed by atoms with van der Waals surface area (Å²) in [5.74, 6) is -0.0445. The van der Waals surface area contributed by atoms with Crippen molar-refractivity contribution in [2.75, 3.05) is 6.61 Å². The van der Waals surface area contributed by atoms with Gasteiger partial charge in [0.1, 0.15) is 5.69 Å². The molecule has 1 heterocycles. The zero-order chi connectivity index (χ0) is 16.3. The molecule has 0 amide bonds. The van der Waals surface area contributed by atoms with E-state index in [9.17, 15) is 9.59 Å². The highest BCUT2D eigenvalue weighted by Crippen LogP contribution is 2.19. The number of aryl methyl sites for hydroxylation is 1. The first kappa shape index (κ1) is 16.2. The van der Waals surface area contributed by atoms with Gasteiger partial charge in [0.25, 0.3) is 0 Å². The lowest BCUT2D eigenvalue weighted by Crippen LogP contribution is -2.22. The van der Waals surface area contributed by atoms with Crippen molar-refractivity contribution in [3.05, 3.63) is 39.7 Å². The van der Waals surface area contributed by atoms with Gasteiger partial charge in [-0.2, -0.15) is 5.10 Å². The molecule has 0 fully saturated rings. The normalized spacial score (nSPS) is 11.1. The molecule has 2 rings (SSSR count). The number of ether oxygens (including phenoxy) is 1. The van der Waals surface area contributed by atoms with Gasteiger partial charge in [-0.25, -0.2) is 0 Å². The van der Waals surface area contributed by atoms with Crippen molar-refractivity contribution in [1.82, 2.24) is 9.78 Å². The molecule has 22 heavy (non-hydrogen) atoms. The molecule has 5 nitrogen and oxygen atoms in total. The highest BCUT2D eigenvalue weighted by atomic mass is 16.5. The van der Waals surface area contributed by atoms with Crippen LogP contribution >= 0.6 is 0 Å². The maximum Gasteiger partial charge on any atom is 0.312 e. The molecule has 0 saturated carbocycles. The third kappa shape index (κ3) is 3.18. The van der Waals surface area contributed by atoms with Crippen LogP contribution in [0.5, 0.6) is 0 Å². The quantitative estimate of drug-likeness (QED) is 0.797. The molecule has 118 valence electrons. The summed E-state index contributed by atoms with van der Waals surface area (Å²) in [4.78, 5) is 24.2. The Hall–Kier alpha value is -2.17. The van der Waals surface area contributed by atoms with Gasteiger partial charge in [-0.05, 0) is 37.5 Å². The first-order chi connectivity index (χ1) is 10.5. The fraction of sp³-hybridized carbons (Fsp3) is 0.471. The second-order valence-electron chi connectivity index (χ2n) is 5.50. The third-order valence-electron chi connectivity index (χ3n) is 3.63. The SMILES string of the molecule is CCOC(=O)Cc1nn(CC)c2cc(C(C)C)ccc2c1=O. The van der Waals surface area contributed by atoms with Gasteiger partial charge in [-0.3, -0.25) is 14.3 Å². The average Bonchev–Trinajstić information content (AvgIpc) is 2.49. The Bertz CT molecular complexity index is 747. The van der Waals surface area contributed by atoms with E-state index in [1.54, 1.807) is 11.6 Å². The van der Waals surface area contributed by atoms with Gasteiger partial charge >= 0.3 is 5.97 Å². The Kier molecular flexibility index (Phi) is 4.96. The van der Waals surface area contributed by atoms with Crippen molar-refractivity contribution < 1.29 is 9.53 Å². The third-order valence-corrected chi connectivity index (χ3v) is 3.63. The number of carbonyl (C=O) groups excluding carboxylic acids is 1. The van der Waals surface area contributed by atoms with Crippen LogP contribution in [0.3, 0.4) is 0 Å². The summed E-state index contributed by atoms with van der Waals surface area (Å²) < 4.78 is 6.68. The van der Waals surface area contributed by atoms with E-state index >= 15 is 0 Å². The Labute approximate surface area is 129 Å². The molecule has 5 heteroatoms. The first-order valence-electron chi connectivity index (χ1n) is 7.67. The summed E-state index contributed by atoms with van der Waals surface area (Å²) in [5, 5.41) is 4.94. The Balaban J connectivity index is 2.58. The predicted octanol–water partition coefficient (Wildman–Crippen LogP) is 2.65. The van der Waals surface area contributed by atoms with Crippen LogP contribution in [0.15, 0.2) is 23.0 Å². The number of nitrogens with zero attached hydrogens (tertiary/aromatic N) is 2. The Morgan fingerprint density at radius 3 is 2.64 bits per heavy atom. The summed E-state index contributed by atoms with van der Waals surface area (Å²) in [6, 6.07) is 5.80. The number of aromatic nitrogens is 2. The van der Waals surface area contributed by atoms with Crippen LogP contribution in [0.4, 0.5) is 0 Å². The van der Waals surface area contributed by atoms with Crippen molar-refractivity contribution in [3.8, 4) is 0 Å². The number of fused-ring (bicyclic) bond motifs is 1. The van der Waals surface area contributed by atoms with E-state index in [4.69, 9.17) is 4.74 Å². The second kappa shape index (κ2) is 6.73. The lowest BCUT2D eigenvalue weighted by molar-refractivity contribution is -0.142. The summed E-state index contributed by atoms with van der Waals surface area (Å²) >= 11 is 0. The molecule has 0 bridgehead atoms. The molecule has 1 aromatic carbocycles. The first-order valence-corrected chi connectivity index (χ1v) is 7.67. The number of carbonyl (C=O) groups is 1. The number of esters is 1. The summed E-state index contributed by atoms with van der Waals surface area (Å²) in [6.45, 7) is 8.85. The maximum atomic E-state index is 12.5. The van der Waals surface area contributed by atoms with Crippen LogP contribution in [-0.2, 0) is 22.5 Å². The summed E-state index contributed by atoms with van der Waals surface area (Å²) in [6.07, 6.45) is -0.0887. The van der Waals surface area contributed by atoms with Crippen LogP contribution in [0.25, 0.3) is 10.9 Å². The van der Waals surface area contributed by atoms with E-state index in [0.29, 0.717) is 24.5 Å². The van der Waals surface area contributed by atoms with Crippen LogP contribution in [0, 0.1) is 0 Å². The van der Waals surface area contributed by atoms with Crippen LogP contribution in [-0.4, -0.2) is 22.4 Å². The molecular formula is C17H22N2O3. The molecule has 0 radical (unpaired) electrons. The van der Waals surface area contributed by atoms with Gasteiger partial charge in [-0.15, -0.1) is 0 Å². The molecule has 1 aromatic heterocycles. The van der Waals surface area contributed by atoms with Crippen LogP contribution < -0.4 is 5.43 Å². The molecular weight excluding hydrogens is 280 g/mol. The molecule has 0 aliphatic carbocycles. The fourth-order valence-electron chi connectivity index (χ4n) is 2.42.